The van der Waals surface area contributed by atoms with Crippen molar-refractivity contribution in [2.75, 3.05) is 11.5 Å². The summed E-state index contributed by atoms with van der Waals surface area (Å²) in [5, 5.41) is 4.46. The smallest absolute Gasteiger partial charge is 0.0635 e. The molecule has 0 radical (unpaired) electrons. The van der Waals surface area contributed by atoms with E-state index in [1.165, 1.54) is 22.9 Å². The summed E-state index contributed by atoms with van der Waals surface area (Å²) >= 11 is 1.98. The molecule has 0 saturated carbocycles. The summed E-state index contributed by atoms with van der Waals surface area (Å²) in [5.74, 6) is 2.39. The Morgan fingerprint density at radius 3 is 2.77 bits per heavy atom. The van der Waals surface area contributed by atoms with E-state index in [1.807, 2.05) is 23.5 Å². The molecule has 0 aromatic carbocycles. The zero-order chi connectivity index (χ0) is 9.68. The van der Waals surface area contributed by atoms with Crippen molar-refractivity contribution in [1.82, 2.24) is 9.78 Å². The number of aryl methyl sites for hydroxylation is 3. The molecule has 0 unspecified atom stereocenters. The van der Waals surface area contributed by atoms with E-state index < -0.39 is 0 Å². The maximum Gasteiger partial charge on any atom is 0.0635 e. The summed E-state index contributed by atoms with van der Waals surface area (Å²) < 4.78 is 1.99. The van der Waals surface area contributed by atoms with Crippen molar-refractivity contribution in [2.24, 2.45) is 7.05 Å². The van der Waals surface area contributed by atoms with Crippen molar-refractivity contribution in [3.8, 4) is 0 Å². The third kappa shape index (κ3) is 3.07. The molecule has 1 rings (SSSR count). The fourth-order valence-electron chi connectivity index (χ4n) is 1.35. The molecule has 0 aliphatic heterocycles. The number of rotatable bonds is 5. The first-order valence-corrected chi connectivity index (χ1v) is 6.03. The highest BCUT2D eigenvalue weighted by atomic mass is 32.2. The fourth-order valence-corrected chi connectivity index (χ4v) is 1.99. The van der Waals surface area contributed by atoms with E-state index in [0.717, 1.165) is 12.8 Å². The first kappa shape index (κ1) is 10.6. The van der Waals surface area contributed by atoms with Crippen molar-refractivity contribution in [3.63, 3.8) is 0 Å². The molecule has 0 saturated heterocycles. The van der Waals surface area contributed by atoms with Crippen LogP contribution in [0.2, 0.25) is 0 Å². The molecule has 1 aromatic heterocycles. The highest BCUT2D eigenvalue weighted by Crippen LogP contribution is 2.08. The topological polar surface area (TPSA) is 17.8 Å². The van der Waals surface area contributed by atoms with Crippen molar-refractivity contribution >= 4 is 11.8 Å². The van der Waals surface area contributed by atoms with Crippen LogP contribution in [-0.4, -0.2) is 21.3 Å². The minimum atomic E-state index is 1.07. The normalized spacial score (nSPS) is 10.7. The molecule has 0 aliphatic carbocycles. The van der Waals surface area contributed by atoms with Crippen LogP contribution in [0.4, 0.5) is 0 Å². The van der Waals surface area contributed by atoms with Gasteiger partial charge in [0, 0.05) is 19.2 Å². The van der Waals surface area contributed by atoms with Crippen molar-refractivity contribution in [1.29, 1.82) is 0 Å². The first-order chi connectivity index (χ1) is 6.27. The molecular formula is C10H18N2S. The van der Waals surface area contributed by atoms with Gasteiger partial charge in [-0.3, -0.25) is 4.68 Å². The van der Waals surface area contributed by atoms with Crippen molar-refractivity contribution in [2.45, 2.75) is 26.7 Å². The largest absolute Gasteiger partial charge is 0.272 e. The van der Waals surface area contributed by atoms with Crippen LogP contribution in [0.1, 0.15) is 25.2 Å². The van der Waals surface area contributed by atoms with Crippen LogP contribution < -0.4 is 0 Å². The lowest BCUT2D eigenvalue weighted by molar-refractivity contribution is 0.705. The second kappa shape index (κ2) is 5.32. The first-order valence-electron chi connectivity index (χ1n) is 4.87. The third-order valence-corrected chi connectivity index (χ3v) is 3.00. The molecular weight excluding hydrogens is 180 g/mol. The molecule has 0 atom stereocenters. The summed E-state index contributed by atoms with van der Waals surface area (Å²) in [4.78, 5) is 0. The van der Waals surface area contributed by atoms with Crippen molar-refractivity contribution < 1.29 is 0 Å². The lowest BCUT2D eigenvalue weighted by Crippen LogP contribution is -1.97. The van der Waals surface area contributed by atoms with E-state index in [0.29, 0.717) is 0 Å². The molecule has 0 amide bonds. The van der Waals surface area contributed by atoms with Gasteiger partial charge in [0.05, 0.1) is 5.69 Å². The van der Waals surface area contributed by atoms with Crippen LogP contribution >= 0.6 is 11.8 Å². The van der Waals surface area contributed by atoms with Gasteiger partial charge in [-0.15, -0.1) is 0 Å². The van der Waals surface area contributed by atoms with Crippen LogP contribution in [0.15, 0.2) is 6.07 Å². The summed E-state index contributed by atoms with van der Waals surface area (Å²) in [5.41, 5.74) is 2.57. The second-order valence-corrected chi connectivity index (χ2v) is 4.44. The average Bonchev–Trinajstić information content (AvgIpc) is 2.47. The number of hydrogen-bond acceptors (Lipinski definition) is 2. The van der Waals surface area contributed by atoms with Gasteiger partial charge in [-0.1, -0.05) is 13.8 Å². The van der Waals surface area contributed by atoms with Crippen molar-refractivity contribution in [3.05, 3.63) is 17.5 Å². The molecule has 0 fully saturated rings. The lowest BCUT2D eigenvalue weighted by Gasteiger charge is -1.94. The Bertz CT molecular complexity index is 255. The predicted molar refractivity (Wildman–Crippen MR) is 59.3 cm³/mol. The van der Waals surface area contributed by atoms with E-state index in [4.69, 9.17) is 0 Å². The van der Waals surface area contributed by atoms with E-state index in [1.54, 1.807) is 0 Å². The zero-order valence-electron chi connectivity index (χ0n) is 8.71. The fraction of sp³-hybridized carbons (Fsp3) is 0.700. The Morgan fingerprint density at radius 2 is 2.23 bits per heavy atom. The third-order valence-electron chi connectivity index (χ3n) is 2.10. The van der Waals surface area contributed by atoms with Gasteiger partial charge in [0.25, 0.3) is 0 Å². The molecule has 3 heteroatoms. The molecule has 0 aliphatic rings. The predicted octanol–water partition coefficient (Wildman–Crippen LogP) is 2.28. The van der Waals surface area contributed by atoms with Gasteiger partial charge in [-0.25, -0.2) is 0 Å². The minimum absolute atomic E-state index is 1.07. The quantitative estimate of drug-likeness (QED) is 0.676. The summed E-state index contributed by atoms with van der Waals surface area (Å²) in [6.07, 6.45) is 2.18. The maximum absolute atomic E-state index is 4.46. The van der Waals surface area contributed by atoms with Crippen LogP contribution in [0.5, 0.6) is 0 Å². The van der Waals surface area contributed by atoms with Gasteiger partial charge < -0.3 is 0 Å². The molecule has 0 spiro atoms. The Kier molecular flexibility index (Phi) is 4.36. The summed E-state index contributed by atoms with van der Waals surface area (Å²) in [6.45, 7) is 4.36. The number of aromatic nitrogens is 2. The Balaban J connectivity index is 2.48. The molecule has 74 valence electrons. The van der Waals surface area contributed by atoms with E-state index in [9.17, 15) is 0 Å². The number of nitrogens with zero attached hydrogens (tertiary/aromatic N) is 2. The molecule has 2 nitrogen and oxygen atoms in total. The van der Waals surface area contributed by atoms with Crippen LogP contribution in [0.3, 0.4) is 0 Å². The lowest BCUT2D eigenvalue weighted by atomic mass is 10.3. The molecule has 1 heterocycles. The SMILES string of the molecule is CCSCCc1cc(CC)n(C)n1. The van der Waals surface area contributed by atoms with E-state index in [-0.39, 0.29) is 0 Å². The highest BCUT2D eigenvalue weighted by Gasteiger charge is 2.02. The molecule has 13 heavy (non-hydrogen) atoms. The number of thioether (sulfide) groups is 1. The van der Waals surface area contributed by atoms with Gasteiger partial charge in [0.15, 0.2) is 0 Å². The minimum Gasteiger partial charge on any atom is -0.272 e. The van der Waals surface area contributed by atoms with Gasteiger partial charge in [-0.05, 0) is 24.0 Å². The van der Waals surface area contributed by atoms with Gasteiger partial charge >= 0.3 is 0 Å². The van der Waals surface area contributed by atoms with Crippen LogP contribution in [-0.2, 0) is 19.9 Å². The molecule has 0 bridgehead atoms. The van der Waals surface area contributed by atoms with Gasteiger partial charge in [0.2, 0.25) is 0 Å². The average molecular weight is 198 g/mol. The van der Waals surface area contributed by atoms with Crippen LogP contribution in [0.25, 0.3) is 0 Å². The second-order valence-electron chi connectivity index (χ2n) is 3.05. The summed E-state index contributed by atoms with van der Waals surface area (Å²) in [6, 6.07) is 2.22. The Labute approximate surface area is 84.7 Å². The van der Waals surface area contributed by atoms with Gasteiger partial charge in [-0.2, -0.15) is 16.9 Å². The Hall–Kier alpha value is -0.440. The maximum atomic E-state index is 4.46. The highest BCUT2D eigenvalue weighted by molar-refractivity contribution is 7.99. The zero-order valence-corrected chi connectivity index (χ0v) is 9.52. The molecule has 1 aromatic rings. The monoisotopic (exact) mass is 198 g/mol. The van der Waals surface area contributed by atoms with E-state index in [2.05, 4.69) is 25.0 Å². The standard InChI is InChI=1S/C10H18N2S/c1-4-10-8-9(11-12(10)3)6-7-13-5-2/h8H,4-7H2,1-3H3. The Morgan fingerprint density at radius 1 is 1.46 bits per heavy atom. The van der Waals surface area contributed by atoms with E-state index >= 15 is 0 Å². The van der Waals surface area contributed by atoms with Crippen LogP contribution in [0, 0.1) is 0 Å². The molecule has 0 N–H and O–H groups in total. The summed E-state index contributed by atoms with van der Waals surface area (Å²) in [7, 11) is 2.02. The number of hydrogen-bond donors (Lipinski definition) is 0. The van der Waals surface area contributed by atoms with Gasteiger partial charge in [0.1, 0.15) is 0 Å².